The highest BCUT2D eigenvalue weighted by molar-refractivity contribution is 5.86. The van der Waals surface area contributed by atoms with Gasteiger partial charge in [0.25, 0.3) is 0 Å². The van der Waals surface area contributed by atoms with Crippen molar-refractivity contribution in [2.75, 3.05) is 20.6 Å². The summed E-state index contributed by atoms with van der Waals surface area (Å²) in [4.78, 5) is 2.15. The van der Waals surface area contributed by atoms with Crippen LogP contribution in [0.15, 0.2) is 37.1 Å². The van der Waals surface area contributed by atoms with Crippen molar-refractivity contribution in [2.45, 2.75) is 6.54 Å². The molecule has 0 unspecified atom stereocenters. The summed E-state index contributed by atoms with van der Waals surface area (Å²) in [5, 5.41) is 13.3. The molecule has 2 heterocycles. The number of benzene rings is 1. The van der Waals surface area contributed by atoms with Gasteiger partial charge in [-0.15, -0.1) is 10.2 Å². The highest BCUT2D eigenvalue weighted by atomic mass is 15.3. The molecule has 6 nitrogen and oxygen atoms in total. The van der Waals surface area contributed by atoms with E-state index < -0.39 is 0 Å². The molecule has 0 atom stereocenters. The Morgan fingerprint density at radius 1 is 1.16 bits per heavy atom. The number of fused-ring (bicyclic) bond motifs is 1. The molecule has 0 aliphatic rings. The van der Waals surface area contributed by atoms with E-state index in [1.54, 1.807) is 12.7 Å². The van der Waals surface area contributed by atoms with E-state index in [1.165, 1.54) is 0 Å². The van der Waals surface area contributed by atoms with E-state index in [9.17, 15) is 0 Å². The number of para-hydroxylation sites is 1. The van der Waals surface area contributed by atoms with Crippen LogP contribution in [0.1, 0.15) is 0 Å². The lowest BCUT2D eigenvalue weighted by atomic mass is 10.2. The molecular formula is C13H16N6. The van der Waals surface area contributed by atoms with E-state index in [2.05, 4.69) is 46.4 Å². The minimum Gasteiger partial charge on any atom is -0.308 e. The summed E-state index contributed by atoms with van der Waals surface area (Å²) in [6.45, 7) is 1.81. The van der Waals surface area contributed by atoms with Crippen molar-refractivity contribution in [3.05, 3.63) is 37.1 Å². The molecule has 0 aliphatic heterocycles. The van der Waals surface area contributed by atoms with Crippen molar-refractivity contribution >= 4 is 10.9 Å². The number of rotatable bonds is 4. The number of hydrogen-bond donors (Lipinski definition) is 0. The highest BCUT2D eigenvalue weighted by Gasteiger charge is 2.09. The molecule has 2 aromatic heterocycles. The molecule has 0 saturated carbocycles. The number of aromatic nitrogens is 5. The van der Waals surface area contributed by atoms with Gasteiger partial charge in [-0.3, -0.25) is 9.25 Å². The molecule has 19 heavy (non-hydrogen) atoms. The second-order valence-electron chi connectivity index (χ2n) is 4.76. The molecule has 1 aromatic carbocycles. The van der Waals surface area contributed by atoms with Gasteiger partial charge in [-0.05, 0) is 20.2 Å². The topological polar surface area (TPSA) is 51.8 Å². The van der Waals surface area contributed by atoms with E-state index in [4.69, 9.17) is 0 Å². The zero-order chi connectivity index (χ0) is 13.2. The molecule has 0 aliphatic carbocycles. The molecule has 0 radical (unpaired) electrons. The van der Waals surface area contributed by atoms with Crippen LogP contribution in [0.4, 0.5) is 0 Å². The van der Waals surface area contributed by atoms with Crippen molar-refractivity contribution in [1.82, 2.24) is 29.4 Å². The van der Waals surface area contributed by atoms with E-state index in [0.29, 0.717) is 0 Å². The Balaban J connectivity index is 2.09. The Morgan fingerprint density at radius 2 is 1.95 bits per heavy atom. The molecular weight excluding hydrogens is 240 g/mol. The Hall–Kier alpha value is -2.21. The van der Waals surface area contributed by atoms with Gasteiger partial charge in [0.05, 0.1) is 23.9 Å². The van der Waals surface area contributed by atoms with Crippen LogP contribution in [-0.2, 0) is 6.54 Å². The van der Waals surface area contributed by atoms with Gasteiger partial charge >= 0.3 is 0 Å². The largest absolute Gasteiger partial charge is 0.308 e. The van der Waals surface area contributed by atoms with Gasteiger partial charge in [-0.25, -0.2) is 0 Å². The maximum Gasteiger partial charge on any atom is 0.123 e. The third-order valence-electron chi connectivity index (χ3n) is 3.10. The van der Waals surface area contributed by atoms with E-state index >= 15 is 0 Å². The van der Waals surface area contributed by atoms with Crippen LogP contribution in [0.3, 0.4) is 0 Å². The number of hydrogen-bond acceptors (Lipinski definition) is 4. The molecule has 0 N–H and O–H groups in total. The standard InChI is InChI=1S/C13H16N6/c1-17(2)6-7-19-13-11(8-16-19)4-3-5-12(13)18-9-14-15-10-18/h3-5,8-10H,6-7H2,1-2H3. The van der Waals surface area contributed by atoms with Gasteiger partial charge in [0.15, 0.2) is 0 Å². The van der Waals surface area contributed by atoms with E-state index in [0.717, 1.165) is 29.7 Å². The van der Waals surface area contributed by atoms with Crippen LogP contribution in [0, 0.1) is 0 Å². The van der Waals surface area contributed by atoms with Crippen LogP contribution in [0.5, 0.6) is 0 Å². The van der Waals surface area contributed by atoms with Gasteiger partial charge in [-0.2, -0.15) is 5.10 Å². The van der Waals surface area contributed by atoms with Gasteiger partial charge < -0.3 is 4.90 Å². The van der Waals surface area contributed by atoms with Gasteiger partial charge in [0, 0.05) is 11.9 Å². The predicted molar refractivity (Wildman–Crippen MR) is 73.2 cm³/mol. The number of likely N-dealkylation sites (N-methyl/N-ethyl adjacent to an activating group) is 1. The second kappa shape index (κ2) is 4.81. The predicted octanol–water partition coefficient (Wildman–Crippen LogP) is 1.18. The second-order valence-corrected chi connectivity index (χ2v) is 4.76. The fraction of sp³-hybridized carbons (Fsp3) is 0.308. The first kappa shape index (κ1) is 11.9. The molecule has 6 heteroatoms. The summed E-state index contributed by atoms with van der Waals surface area (Å²) in [6.07, 6.45) is 5.31. The third-order valence-corrected chi connectivity index (χ3v) is 3.10. The molecule has 0 fully saturated rings. The quantitative estimate of drug-likeness (QED) is 0.703. The van der Waals surface area contributed by atoms with Gasteiger partial charge in [-0.1, -0.05) is 12.1 Å². The molecule has 0 bridgehead atoms. The first-order chi connectivity index (χ1) is 9.25. The van der Waals surface area contributed by atoms with Crippen molar-refractivity contribution in [3.8, 4) is 5.69 Å². The Labute approximate surface area is 111 Å². The first-order valence-electron chi connectivity index (χ1n) is 6.20. The van der Waals surface area contributed by atoms with E-state index in [-0.39, 0.29) is 0 Å². The van der Waals surface area contributed by atoms with Gasteiger partial charge in [0.1, 0.15) is 12.7 Å². The first-order valence-corrected chi connectivity index (χ1v) is 6.20. The summed E-state index contributed by atoms with van der Waals surface area (Å²) >= 11 is 0. The van der Waals surface area contributed by atoms with Crippen LogP contribution in [0.2, 0.25) is 0 Å². The summed E-state index contributed by atoms with van der Waals surface area (Å²) in [5.41, 5.74) is 2.17. The lowest BCUT2D eigenvalue weighted by Gasteiger charge is -2.12. The zero-order valence-corrected chi connectivity index (χ0v) is 11.1. The summed E-state index contributed by atoms with van der Waals surface area (Å²) in [6, 6.07) is 6.15. The average molecular weight is 256 g/mol. The average Bonchev–Trinajstić information content (AvgIpc) is 3.05. The molecule has 3 aromatic rings. The number of nitrogens with zero attached hydrogens (tertiary/aromatic N) is 6. The lowest BCUT2D eigenvalue weighted by molar-refractivity contribution is 0.377. The third kappa shape index (κ3) is 2.22. The minimum absolute atomic E-state index is 0.857. The summed E-state index contributed by atoms with van der Waals surface area (Å²) in [5.74, 6) is 0. The fourth-order valence-electron chi connectivity index (χ4n) is 2.12. The fourth-order valence-corrected chi connectivity index (χ4v) is 2.12. The molecule has 0 spiro atoms. The van der Waals surface area contributed by atoms with Crippen molar-refractivity contribution < 1.29 is 0 Å². The maximum absolute atomic E-state index is 4.47. The maximum atomic E-state index is 4.47. The van der Waals surface area contributed by atoms with Crippen molar-refractivity contribution in [2.24, 2.45) is 0 Å². The van der Waals surface area contributed by atoms with Crippen LogP contribution in [0.25, 0.3) is 16.6 Å². The minimum atomic E-state index is 0.857. The van der Waals surface area contributed by atoms with Crippen LogP contribution >= 0.6 is 0 Å². The van der Waals surface area contributed by atoms with Crippen molar-refractivity contribution in [1.29, 1.82) is 0 Å². The molecule has 0 amide bonds. The molecule has 0 saturated heterocycles. The normalized spacial score (nSPS) is 11.5. The zero-order valence-electron chi connectivity index (χ0n) is 11.1. The van der Waals surface area contributed by atoms with Crippen LogP contribution in [-0.4, -0.2) is 50.1 Å². The molecule has 3 rings (SSSR count). The van der Waals surface area contributed by atoms with E-state index in [1.807, 2.05) is 21.5 Å². The Bertz CT molecular complexity index is 668. The SMILES string of the molecule is CN(C)CCn1ncc2cccc(-n3cnnc3)c21. The smallest absolute Gasteiger partial charge is 0.123 e. The summed E-state index contributed by atoms with van der Waals surface area (Å²) < 4.78 is 3.95. The Morgan fingerprint density at radius 3 is 2.68 bits per heavy atom. The lowest BCUT2D eigenvalue weighted by Crippen LogP contribution is -2.19. The molecule has 98 valence electrons. The Kier molecular flexibility index (Phi) is 3.00. The van der Waals surface area contributed by atoms with Gasteiger partial charge in [0.2, 0.25) is 0 Å². The van der Waals surface area contributed by atoms with Crippen molar-refractivity contribution in [3.63, 3.8) is 0 Å². The summed E-state index contributed by atoms with van der Waals surface area (Å²) in [7, 11) is 4.12. The highest BCUT2D eigenvalue weighted by Crippen LogP contribution is 2.21. The monoisotopic (exact) mass is 256 g/mol. The van der Waals surface area contributed by atoms with Crippen LogP contribution < -0.4 is 0 Å².